The fourth-order valence-corrected chi connectivity index (χ4v) is 3.66. The molecule has 8 heteroatoms. The van der Waals surface area contributed by atoms with Crippen LogP contribution in [0.25, 0.3) is 17.3 Å². The number of hydrogen-bond donors (Lipinski definition) is 2. The molecule has 0 aliphatic heterocycles. The van der Waals surface area contributed by atoms with Crippen molar-refractivity contribution in [1.29, 1.82) is 0 Å². The Hall–Kier alpha value is -4.04. The zero-order valence-corrected chi connectivity index (χ0v) is 17.3. The van der Waals surface area contributed by atoms with Crippen LogP contribution in [0.4, 0.5) is 5.13 Å². The second-order valence-corrected chi connectivity index (χ2v) is 7.73. The van der Waals surface area contributed by atoms with E-state index < -0.39 is 5.91 Å². The van der Waals surface area contributed by atoms with E-state index in [1.165, 1.54) is 12.3 Å². The van der Waals surface area contributed by atoms with Crippen LogP contribution in [0.3, 0.4) is 0 Å². The van der Waals surface area contributed by atoms with Crippen molar-refractivity contribution in [3.05, 3.63) is 95.1 Å². The number of carbonyl (C=O) groups is 2. The molecule has 7 nitrogen and oxygen atoms in total. The molecule has 2 aromatic carbocycles. The number of anilines is 1. The van der Waals surface area contributed by atoms with Crippen LogP contribution >= 0.6 is 11.3 Å². The van der Waals surface area contributed by atoms with Crippen LogP contribution in [0.5, 0.6) is 0 Å². The lowest BCUT2D eigenvalue weighted by atomic mass is 10.1. The lowest BCUT2D eigenvalue weighted by molar-refractivity contribution is -0.111. The van der Waals surface area contributed by atoms with Gasteiger partial charge in [0.15, 0.2) is 5.13 Å². The number of primary amides is 1. The Morgan fingerprint density at radius 2 is 1.77 bits per heavy atom. The van der Waals surface area contributed by atoms with E-state index in [1.54, 1.807) is 6.08 Å². The van der Waals surface area contributed by atoms with Crippen molar-refractivity contribution in [2.75, 3.05) is 5.32 Å². The zero-order chi connectivity index (χ0) is 21.6. The molecule has 0 aliphatic rings. The monoisotopic (exact) mass is 429 g/mol. The van der Waals surface area contributed by atoms with Gasteiger partial charge in [-0.1, -0.05) is 72.0 Å². The maximum absolute atomic E-state index is 12.3. The van der Waals surface area contributed by atoms with Crippen molar-refractivity contribution < 1.29 is 9.59 Å². The van der Waals surface area contributed by atoms with Crippen LogP contribution in [0.15, 0.2) is 79.1 Å². The van der Waals surface area contributed by atoms with Crippen LogP contribution in [0.1, 0.15) is 20.8 Å². The number of nitrogens with two attached hydrogens (primary N) is 1. The molecule has 31 heavy (non-hydrogen) atoms. The summed E-state index contributed by atoms with van der Waals surface area (Å²) in [5.41, 5.74) is 8.90. The summed E-state index contributed by atoms with van der Waals surface area (Å²) in [5, 5.41) is 7.68. The van der Waals surface area contributed by atoms with Gasteiger partial charge < -0.3 is 5.73 Å². The number of hydrogen-bond acceptors (Lipinski definition) is 5. The molecule has 0 aliphatic carbocycles. The Kier molecular flexibility index (Phi) is 6.00. The van der Waals surface area contributed by atoms with E-state index in [1.807, 2.05) is 71.5 Å². The SMILES string of the molecule is NC(=O)c1cnc(NC(=O)/C=C/c2cn(Cc3ccccc3)nc2-c2ccccc2)s1. The number of benzene rings is 2. The fourth-order valence-electron chi connectivity index (χ4n) is 2.99. The molecule has 0 saturated carbocycles. The summed E-state index contributed by atoms with van der Waals surface area (Å²) < 4.78 is 1.86. The molecule has 0 radical (unpaired) electrons. The zero-order valence-electron chi connectivity index (χ0n) is 16.4. The number of thiazole rings is 1. The van der Waals surface area contributed by atoms with Gasteiger partial charge >= 0.3 is 0 Å². The number of nitrogens with one attached hydrogen (secondary N) is 1. The van der Waals surface area contributed by atoms with Crippen molar-refractivity contribution in [3.8, 4) is 11.3 Å². The molecule has 154 valence electrons. The summed E-state index contributed by atoms with van der Waals surface area (Å²) in [6.07, 6.45) is 6.39. The molecule has 0 saturated heterocycles. The van der Waals surface area contributed by atoms with Gasteiger partial charge in [0.05, 0.1) is 18.4 Å². The molecule has 2 heterocycles. The van der Waals surface area contributed by atoms with Crippen LogP contribution in [-0.4, -0.2) is 26.6 Å². The standard InChI is InChI=1S/C23H19N5O2S/c24-22(30)19-13-25-23(31-19)26-20(29)12-11-18-15-28(14-16-7-3-1-4-8-16)27-21(18)17-9-5-2-6-10-17/h1-13,15H,14H2,(H2,24,30)(H,25,26,29)/b12-11+. The van der Waals surface area contributed by atoms with Gasteiger partial charge in [0, 0.05) is 23.4 Å². The summed E-state index contributed by atoms with van der Waals surface area (Å²) in [7, 11) is 0. The summed E-state index contributed by atoms with van der Waals surface area (Å²) in [5.74, 6) is -0.938. The van der Waals surface area contributed by atoms with Gasteiger partial charge in [-0.2, -0.15) is 5.10 Å². The van der Waals surface area contributed by atoms with E-state index >= 15 is 0 Å². The topological polar surface area (TPSA) is 103 Å². The number of rotatable bonds is 7. The van der Waals surface area contributed by atoms with Crippen molar-refractivity contribution in [3.63, 3.8) is 0 Å². The van der Waals surface area contributed by atoms with Gasteiger partial charge in [-0.15, -0.1) is 0 Å². The van der Waals surface area contributed by atoms with E-state index in [-0.39, 0.29) is 10.8 Å². The predicted octanol–water partition coefficient (Wildman–Crippen LogP) is 3.81. The molecular weight excluding hydrogens is 410 g/mol. The third kappa shape index (κ3) is 5.12. The maximum Gasteiger partial charge on any atom is 0.260 e. The molecule has 4 aromatic rings. The van der Waals surface area contributed by atoms with Crippen LogP contribution in [-0.2, 0) is 11.3 Å². The number of carbonyl (C=O) groups excluding carboxylic acids is 2. The van der Waals surface area contributed by atoms with E-state index in [2.05, 4.69) is 10.3 Å². The third-order valence-electron chi connectivity index (χ3n) is 4.42. The highest BCUT2D eigenvalue weighted by atomic mass is 32.1. The van der Waals surface area contributed by atoms with Crippen molar-refractivity contribution in [2.45, 2.75) is 6.54 Å². The van der Waals surface area contributed by atoms with Crippen LogP contribution in [0.2, 0.25) is 0 Å². The number of aromatic nitrogens is 3. The molecule has 0 unspecified atom stereocenters. The summed E-state index contributed by atoms with van der Waals surface area (Å²) in [6, 6.07) is 19.8. The summed E-state index contributed by atoms with van der Waals surface area (Å²) in [4.78, 5) is 27.8. The molecule has 0 atom stereocenters. The lowest BCUT2D eigenvalue weighted by Gasteiger charge is -2.01. The van der Waals surface area contributed by atoms with Gasteiger partial charge in [0.25, 0.3) is 5.91 Å². The van der Waals surface area contributed by atoms with E-state index in [0.717, 1.165) is 33.7 Å². The van der Waals surface area contributed by atoms with Crippen LogP contribution in [0, 0.1) is 0 Å². The molecule has 0 fully saturated rings. The van der Waals surface area contributed by atoms with Gasteiger partial charge in [-0.3, -0.25) is 19.6 Å². The third-order valence-corrected chi connectivity index (χ3v) is 5.34. The predicted molar refractivity (Wildman–Crippen MR) is 122 cm³/mol. The number of amides is 2. The smallest absolute Gasteiger partial charge is 0.260 e. The molecule has 2 amide bonds. The Labute approximate surface area is 182 Å². The maximum atomic E-state index is 12.3. The normalized spacial score (nSPS) is 11.0. The van der Waals surface area contributed by atoms with E-state index in [9.17, 15) is 9.59 Å². The van der Waals surface area contributed by atoms with Crippen molar-refractivity contribution in [1.82, 2.24) is 14.8 Å². The van der Waals surface area contributed by atoms with E-state index in [0.29, 0.717) is 11.7 Å². The summed E-state index contributed by atoms with van der Waals surface area (Å²) in [6.45, 7) is 0.621. The Balaban J connectivity index is 1.56. The fraction of sp³-hybridized carbons (Fsp3) is 0.0435. The first-order chi connectivity index (χ1) is 15.1. The van der Waals surface area contributed by atoms with Crippen molar-refractivity contribution >= 4 is 34.4 Å². The highest BCUT2D eigenvalue weighted by molar-refractivity contribution is 7.17. The Morgan fingerprint density at radius 1 is 1.06 bits per heavy atom. The summed E-state index contributed by atoms with van der Waals surface area (Å²) >= 11 is 1.03. The van der Waals surface area contributed by atoms with Gasteiger partial charge in [-0.25, -0.2) is 4.98 Å². The molecule has 4 rings (SSSR count). The second-order valence-electron chi connectivity index (χ2n) is 6.70. The second kappa shape index (κ2) is 9.19. The first-order valence-corrected chi connectivity index (χ1v) is 10.3. The first kappa shape index (κ1) is 20.2. The van der Waals surface area contributed by atoms with Crippen LogP contribution < -0.4 is 11.1 Å². The van der Waals surface area contributed by atoms with Gasteiger partial charge in [0.1, 0.15) is 4.88 Å². The molecule has 2 aromatic heterocycles. The van der Waals surface area contributed by atoms with E-state index in [4.69, 9.17) is 10.8 Å². The highest BCUT2D eigenvalue weighted by Crippen LogP contribution is 2.24. The minimum absolute atomic E-state index is 0.285. The lowest BCUT2D eigenvalue weighted by Crippen LogP contribution is -2.08. The Morgan fingerprint density at radius 3 is 2.45 bits per heavy atom. The highest BCUT2D eigenvalue weighted by Gasteiger charge is 2.11. The van der Waals surface area contributed by atoms with Crippen molar-refractivity contribution in [2.24, 2.45) is 5.73 Å². The average molecular weight is 430 g/mol. The number of nitrogens with zero attached hydrogens (tertiary/aromatic N) is 3. The van der Waals surface area contributed by atoms with Gasteiger partial charge in [0.2, 0.25) is 5.91 Å². The minimum atomic E-state index is -0.577. The molecular formula is C23H19N5O2S. The molecule has 3 N–H and O–H groups in total. The van der Waals surface area contributed by atoms with Gasteiger partial charge in [-0.05, 0) is 11.6 Å². The quantitative estimate of drug-likeness (QED) is 0.436. The first-order valence-electron chi connectivity index (χ1n) is 9.50. The minimum Gasteiger partial charge on any atom is -0.365 e. The average Bonchev–Trinajstić information content (AvgIpc) is 3.41. The Bertz CT molecular complexity index is 1230. The largest absolute Gasteiger partial charge is 0.365 e. The molecule has 0 bridgehead atoms. The molecule has 0 spiro atoms.